The van der Waals surface area contributed by atoms with Gasteiger partial charge >= 0.3 is 6.09 Å². The second kappa shape index (κ2) is 6.51. The van der Waals surface area contributed by atoms with Gasteiger partial charge in [0, 0.05) is 12.1 Å². The molecule has 0 aliphatic rings. The van der Waals surface area contributed by atoms with Crippen molar-refractivity contribution in [3.05, 3.63) is 29.8 Å². The van der Waals surface area contributed by atoms with Crippen molar-refractivity contribution in [3.63, 3.8) is 0 Å². The number of carbonyl (C=O) groups is 1. The number of oxime groups is 1. The van der Waals surface area contributed by atoms with Crippen LogP contribution in [0.1, 0.15) is 18.9 Å². The molecule has 0 aliphatic carbocycles. The van der Waals surface area contributed by atoms with Crippen molar-refractivity contribution in [2.45, 2.75) is 13.3 Å². The molecule has 1 N–H and O–H groups in total. The van der Waals surface area contributed by atoms with Gasteiger partial charge in [0.1, 0.15) is 5.17 Å². The quantitative estimate of drug-likeness (QED) is 0.510. The summed E-state index contributed by atoms with van der Waals surface area (Å²) in [4.78, 5) is 15.7. The summed E-state index contributed by atoms with van der Waals surface area (Å²) in [7, 11) is 0. The van der Waals surface area contributed by atoms with Crippen LogP contribution in [-0.4, -0.2) is 11.3 Å². The van der Waals surface area contributed by atoms with Gasteiger partial charge in [0.25, 0.3) is 0 Å². The number of carbonyl (C=O) groups excluding carboxylic acids is 1. The number of anilines is 1. The van der Waals surface area contributed by atoms with Gasteiger partial charge in [0.15, 0.2) is 0 Å². The Morgan fingerprint density at radius 3 is 2.71 bits per heavy atom. The summed E-state index contributed by atoms with van der Waals surface area (Å²) in [6.07, 6.45) is -0.243. The molecule has 0 saturated heterocycles. The second-order valence-corrected chi connectivity index (χ2v) is 3.45. The molecular formula is C11H10ClN3O2. The van der Waals surface area contributed by atoms with Crippen molar-refractivity contribution in [2.24, 2.45) is 5.16 Å². The molecule has 0 spiro atoms. The SMILES string of the molecule is CC/C(Cl)=N\OC(=O)Nc1ccc(C#N)cc1. The molecule has 0 aliphatic heterocycles. The molecule has 0 heterocycles. The van der Waals surface area contributed by atoms with Gasteiger partial charge in [-0.05, 0) is 24.3 Å². The Morgan fingerprint density at radius 1 is 1.53 bits per heavy atom. The number of halogens is 1. The number of rotatable bonds is 3. The van der Waals surface area contributed by atoms with Crippen LogP contribution in [0, 0.1) is 11.3 Å². The van der Waals surface area contributed by atoms with E-state index in [0.29, 0.717) is 17.7 Å². The maximum atomic E-state index is 11.2. The van der Waals surface area contributed by atoms with Crippen molar-refractivity contribution in [2.75, 3.05) is 5.32 Å². The van der Waals surface area contributed by atoms with E-state index in [1.807, 2.05) is 6.07 Å². The lowest BCUT2D eigenvalue weighted by molar-refractivity contribution is 0.166. The Balaban J connectivity index is 2.54. The summed E-state index contributed by atoms with van der Waals surface area (Å²) in [5.41, 5.74) is 1.02. The maximum absolute atomic E-state index is 11.2. The Labute approximate surface area is 104 Å². The third-order valence-electron chi connectivity index (χ3n) is 1.78. The molecule has 0 fully saturated rings. The molecule has 6 heteroatoms. The highest BCUT2D eigenvalue weighted by molar-refractivity contribution is 6.65. The van der Waals surface area contributed by atoms with E-state index in [2.05, 4.69) is 15.3 Å². The lowest BCUT2D eigenvalue weighted by Gasteiger charge is -2.02. The number of nitriles is 1. The first kappa shape index (κ1) is 13.0. The second-order valence-electron chi connectivity index (χ2n) is 3.01. The van der Waals surface area contributed by atoms with Crippen LogP contribution in [0.3, 0.4) is 0 Å². The lowest BCUT2D eigenvalue weighted by Crippen LogP contribution is -2.11. The van der Waals surface area contributed by atoms with E-state index in [1.165, 1.54) is 0 Å². The molecule has 0 bridgehead atoms. The molecule has 0 saturated carbocycles. The predicted molar refractivity (Wildman–Crippen MR) is 64.8 cm³/mol. The van der Waals surface area contributed by atoms with Crippen molar-refractivity contribution >= 4 is 28.6 Å². The normalized spacial score (nSPS) is 10.5. The summed E-state index contributed by atoms with van der Waals surface area (Å²) in [6.45, 7) is 1.79. The van der Waals surface area contributed by atoms with E-state index in [4.69, 9.17) is 16.9 Å². The minimum atomic E-state index is -0.735. The van der Waals surface area contributed by atoms with Crippen molar-refractivity contribution in [1.82, 2.24) is 0 Å². The fraction of sp³-hybridized carbons (Fsp3) is 0.182. The van der Waals surface area contributed by atoms with Gasteiger partial charge in [0.05, 0.1) is 11.6 Å². The highest BCUT2D eigenvalue weighted by atomic mass is 35.5. The van der Waals surface area contributed by atoms with Gasteiger partial charge in [-0.3, -0.25) is 10.2 Å². The van der Waals surface area contributed by atoms with Crippen LogP contribution in [0.5, 0.6) is 0 Å². The molecule has 0 atom stereocenters. The van der Waals surface area contributed by atoms with Crippen molar-refractivity contribution in [1.29, 1.82) is 5.26 Å². The molecule has 88 valence electrons. The minimum Gasteiger partial charge on any atom is -0.297 e. The van der Waals surface area contributed by atoms with Crippen LogP contribution >= 0.6 is 11.6 Å². The van der Waals surface area contributed by atoms with Crippen LogP contribution in [0.25, 0.3) is 0 Å². The van der Waals surface area contributed by atoms with Crippen LogP contribution in [-0.2, 0) is 4.84 Å². The standard InChI is InChI=1S/C11H10ClN3O2/c1-2-10(12)15-17-11(16)14-9-5-3-8(7-13)4-6-9/h3-6H,2H2,1H3,(H,14,16)/b15-10+. The summed E-state index contributed by atoms with van der Waals surface area (Å²) in [6, 6.07) is 8.31. The molecule has 0 radical (unpaired) electrons. The van der Waals surface area contributed by atoms with Gasteiger partial charge in [-0.2, -0.15) is 5.26 Å². The number of hydrogen-bond acceptors (Lipinski definition) is 4. The summed E-state index contributed by atoms with van der Waals surface area (Å²) in [5, 5.41) is 14.6. The Kier molecular flexibility index (Phi) is 4.98. The monoisotopic (exact) mass is 251 g/mol. The molecule has 1 rings (SSSR count). The highest BCUT2D eigenvalue weighted by Crippen LogP contribution is 2.09. The Hall–Kier alpha value is -2.06. The Morgan fingerprint density at radius 2 is 2.18 bits per heavy atom. The summed E-state index contributed by atoms with van der Waals surface area (Å²) >= 11 is 5.56. The number of nitrogens with one attached hydrogen (secondary N) is 1. The first-order valence-electron chi connectivity index (χ1n) is 4.86. The number of hydrogen-bond donors (Lipinski definition) is 1. The first-order chi connectivity index (χ1) is 8.15. The van der Waals surface area contributed by atoms with Gasteiger partial charge in [-0.25, -0.2) is 4.79 Å². The van der Waals surface area contributed by atoms with E-state index in [0.717, 1.165) is 0 Å². The van der Waals surface area contributed by atoms with E-state index in [9.17, 15) is 4.79 Å². The van der Waals surface area contributed by atoms with Gasteiger partial charge in [-0.15, -0.1) is 0 Å². The number of nitrogens with zero attached hydrogens (tertiary/aromatic N) is 2. The topological polar surface area (TPSA) is 74.5 Å². The summed E-state index contributed by atoms with van der Waals surface area (Å²) in [5.74, 6) is 0. The molecule has 17 heavy (non-hydrogen) atoms. The highest BCUT2D eigenvalue weighted by Gasteiger charge is 2.03. The van der Waals surface area contributed by atoms with E-state index < -0.39 is 6.09 Å². The van der Waals surface area contributed by atoms with Crippen LogP contribution in [0.15, 0.2) is 29.4 Å². The van der Waals surface area contributed by atoms with Crippen LogP contribution in [0.4, 0.5) is 10.5 Å². The zero-order valence-electron chi connectivity index (χ0n) is 9.11. The maximum Gasteiger partial charge on any atom is 0.437 e. The van der Waals surface area contributed by atoms with Gasteiger partial charge < -0.3 is 0 Å². The largest absolute Gasteiger partial charge is 0.437 e. The smallest absolute Gasteiger partial charge is 0.297 e. The van der Waals surface area contributed by atoms with E-state index in [1.54, 1.807) is 31.2 Å². The average Bonchev–Trinajstić information content (AvgIpc) is 2.36. The zero-order valence-corrected chi connectivity index (χ0v) is 9.86. The van der Waals surface area contributed by atoms with Crippen molar-refractivity contribution in [3.8, 4) is 6.07 Å². The third kappa shape index (κ3) is 4.53. The molecule has 5 nitrogen and oxygen atoms in total. The van der Waals surface area contributed by atoms with Crippen LogP contribution < -0.4 is 5.32 Å². The molecule has 0 unspecified atom stereocenters. The average molecular weight is 252 g/mol. The molecule has 0 aromatic heterocycles. The zero-order chi connectivity index (χ0) is 12.7. The predicted octanol–water partition coefficient (Wildman–Crippen LogP) is 3.07. The summed E-state index contributed by atoms with van der Waals surface area (Å²) < 4.78 is 0. The molecule has 1 amide bonds. The fourth-order valence-electron chi connectivity index (χ4n) is 0.924. The molecule has 1 aromatic carbocycles. The Bertz CT molecular complexity index is 463. The number of benzene rings is 1. The molecule has 1 aromatic rings. The van der Waals surface area contributed by atoms with Gasteiger partial charge in [0.2, 0.25) is 0 Å². The van der Waals surface area contributed by atoms with E-state index >= 15 is 0 Å². The van der Waals surface area contributed by atoms with Gasteiger partial charge in [-0.1, -0.05) is 23.7 Å². The van der Waals surface area contributed by atoms with E-state index in [-0.39, 0.29) is 5.17 Å². The first-order valence-corrected chi connectivity index (χ1v) is 5.24. The third-order valence-corrected chi connectivity index (χ3v) is 2.12. The van der Waals surface area contributed by atoms with Crippen LogP contribution in [0.2, 0.25) is 0 Å². The fourth-order valence-corrected chi connectivity index (χ4v) is 0.959. The lowest BCUT2D eigenvalue weighted by atomic mass is 10.2. The number of amides is 1. The molecular weight excluding hydrogens is 242 g/mol. The van der Waals surface area contributed by atoms with Crippen molar-refractivity contribution < 1.29 is 9.63 Å². The minimum absolute atomic E-state index is 0.208.